The number of nitrogens with one attached hydrogen (secondary N) is 1. The lowest BCUT2D eigenvalue weighted by molar-refractivity contribution is 0.0955. The second-order valence-corrected chi connectivity index (χ2v) is 7.35. The Balaban J connectivity index is 2.04. The minimum absolute atomic E-state index is 0.286. The van der Waals surface area contributed by atoms with E-state index in [0.717, 1.165) is 33.5 Å². The van der Waals surface area contributed by atoms with Crippen molar-refractivity contribution in [1.29, 1.82) is 0 Å². The molecule has 0 aliphatic rings. The molecule has 0 radical (unpaired) electrons. The molecule has 0 fully saturated rings. The van der Waals surface area contributed by atoms with Gasteiger partial charge in [-0.1, -0.05) is 13.8 Å². The first-order valence-electron chi connectivity index (χ1n) is 9.74. The van der Waals surface area contributed by atoms with Gasteiger partial charge in [-0.3, -0.25) is 4.79 Å². The van der Waals surface area contributed by atoms with Crippen LogP contribution in [-0.2, 0) is 0 Å². The maximum Gasteiger partial charge on any atom is 0.271 e. The Labute approximate surface area is 185 Å². The monoisotopic (exact) mass is 510 g/mol. The number of carbonyl (C=O) groups excluding carboxylic acids is 1. The van der Waals surface area contributed by atoms with E-state index in [4.69, 9.17) is 14.2 Å². The van der Waals surface area contributed by atoms with Crippen molar-refractivity contribution >= 4 is 34.7 Å². The number of halogens is 1. The minimum Gasteiger partial charge on any atom is -0.494 e. The Hall–Kier alpha value is -2.29. The number of hydrazone groups is 1. The van der Waals surface area contributed by atoms with Gasteiger partial charge in [0.15, 0.2) is 11.5 Å². The maximum absolute atomic E-state index is 12.3. The van der Waals surface area contributed by atoms with E-state index in [0.29, 0.717) is 31.1 Å². The van der Waals surface area contributed by atoms with Gasteiger partial charge in [0.2, 0.25) is 0 Å². The van der Waals surface area contributed by atoms with Gasteiger partial charge in [0.05, 0.1) is 29.6 Å². The molecule has 0 unspecified atom stereocenters. The summed E-state index contributed by atoms with van der Waals surface area (Å²) in [7, 11) is 0. The number of nitrogens with zero attached hydrogens (tertiary/aromatic N) is 1. The van der Waals surface area contributed by atoms with Crippen LogP contribution in [0.5, 0.6) is 17.2 Å². The van der Waals surface area contributed by atoms with Crippen molar-refractivity contribution in [2.75, 3.05) is 19.8 Å². The molecule has 2 aromatic rings. The molecule has 0 spiro atoms. The lowest BCUT2D eigenvalue weighted by Gasteiger charge is -2.14. The van der Waals surface area contributed by atoms with E-state index >= 15 is 0 Å². The maximum atomic E-state index is 12.3. The van der Waals surface area contributed by atoms with Crippen molar-refractivity contribution in [3.05, 3.63) is 51.1 Å². The van der Waals surface area contributed by atoms with E-state index in [9.17, 15) is 4.79 Å². The molecule has 6 nitrogen and oxygen atoms in total. The Morgan fingerprint density at radius 1 is 1.03 bits per heavy atom. The molecule has 0 aromatic heterocycles. The van der Waals surface area contributed by atoms with Gasteiger partial charge >= 0.3 is 0 Å². The number of amides is 1. The second-order valence-electron chi connectivity index (χ2n) is 6.18. The highest BCUT2D eigenvalue weighted by molar-refractivity contribution is 14.1. The van der Waals surface area contributed by atoms with Gasteiger partial charge in [-0.25, -0.2) is 5.43 Å². The highest BCUT2D eigenvalue weighted by atomic mass is 127. The molecular weight excluding hydrogens is 483 g/mol. The molecule has 2 aromatic carbocycles. The van der Waals surface area contributed by atoms with Crippen molar-refractivity contribution in [1.82, 2.24) is 5.43 Å². The summed E-state index contributed by atoms with van der Waals surface area (Å²) in [6, 6.07) is 10.8. The van der Waals surface area contributed by atoms with Crippen LogP contribution in [0.25, 0.3) is 0 Å². The Kier molecular flexibility index (Phi) is 9.76. The standard InChI is InChI=1S/C22H27IN2O4/c1-4-11-28-18-9-7-17(8-10-18)22(26)25-24-15-16-13-19(23)21(29-12-5-2)20(14-16)27-6-3/h7-10,13-15H,4-6,11-12H2,1-3H3,(H,25,26)/b24-15+. The molecule has 1 amide bonds. The first kappa shape index (κ1) is 23.0. The SMILES string of the molecule is CCCOc1ccc(C(=O)N/N=C/c2cc(I)c(OCCC)c(OCC)c2)cc1. The van der Waals surface area contributed by atoms with Crippen molar-refractivity contribution < 1.29 is 19.0 Å². The Bertz CT molecular complexity index is 822. The molecule has 0 aliphatic carbocycles. The molecule has 0 heterocycles. The lowest BCUT2D eigenvalue weighted by atomic mass is 10.2. The summed E-state index contributed by atoms with van der Waals surface area (Å²) in [5.41, 5.74) is 3.87. The minimum atomic E-state index is -0.286. The summed E-state index contributed by atoms with van der Waals surface area (Å²) < 4.78 is 18.0. The molecule has 1 N–H and O–H groups in total. The van der Waals surface area contributed by atoms with E-state index in [1.807, 2.05) is 26.0 Å². The molecule has 0 aliphatic heterocycles. The topological polar surface area (TPSA) is 69.2 Å². The van der Waals surface area contributed by atoms with Crippen molar-refractivity contribution in [2.45, 2.75) is 33.6 Å². The van der Waals surface area contributed by atoms with E-state index < -0.39 is 0 Å². The van der Waals surface area contributed by atoms with Crippen molar-refractivity contribution in [3.63, 3.8) is 0 Å². The average Bonchev–Trinajstić information content (AvgIpc) is 2.72. The summed E-state index contributed by atoms with van der Waals surface area (Å²) in [5.74, 6) is 1.87. The molecule has 0 atom stereocenters. The number of rotatable bonds is 11. The van der Waals surface area contributed by atoms with Crippen LogP contribution in [0, 0.1) is 3.57 Å². The number of hydrogen-bond donors (Lipinski definition) is 1. The lowest BCUT2D eigenvalue weighted by Crippen LogP contribution is -2.17. The Morgan fingerprint density at radius 2 is 1.72 bits per heavy atom. The molecule has 2 rings (SSSR count). The number of ether oxygens (including phenoxy) is 3. The van der Waals surface area contributed by atoms with E-state index in [1.165, 1.54) is 0 Å². The first-order chi connectivity index (χ1) is 14.1. The molecule has 7 heteroatoms. The zero-order valence-corrected chi connectivity index (χ0v) is 19.2. The predicted octanol–water partition coefficient (Wildman–Crippen LogP) is 5.03. The van der Waals surface area contributed by atoms with Crippen LogP contribution in [-0.4, -0.2) is 31.9 Å². The average molecular weight is 510 g/mol. The molecular formula is C22H27IN2O4. The highest BCUT2D eigenvalue weighted by Gasteiger charge is 2.11. The number of carbonyl (C=O) groups is 1. The van der Waals surface area contributed by atoms with E-state index in [-0.39, 0.29) is 5.91 Å². The van der Waals surface area contributed by atoms with Gasteiger partial charge in [-0.15, -0.1) is 0 Å². The third kappa shape index (κ3) is 7.23. The molecule has 0 bridgehead atoms. The van der Waals surface area contributed by atoms with Crippen molar-refractivity contribution in [3.8, 4) is 17.2 Å². The quantitative estimate of drug-likeness (QED) is 0.262. The van der Waals surface area contributed by atoms with Gasteiger partial charge in [0.25, 0.3) is 5.91 Å². The van der Waals surface area contributed by atoms with Crippen molar-refractivity contribution in [2.24, 2.45) is 5.10 Å². The first-order valence-corrected chi connectivity index (χ1v) is 10.8. The van der Waals surface area contributed by atoms with Gasteiger partial charge in [-0.2, -0.15) is 5.10 Å². The van der Waals surface area contributed by atoms with Crippen LogP contribution in [0.1, 0.15) is 49.5 Å². The van der Waals surface area contributed by atoms with E-state index in [1.54, 1.807) is 30.5 Å². The van der Waals surface area contributed by atoms with Gasteiger partial charge < -0.3 is 14.2 Å². The molecule has 0 saturated heterocycles. The van der Waals surface area contributed by atoms with Crippen LogP contribution in [0.2, 0.25) is 0 Å². The summed E-state index contributed by atoms with van der Waals surface area (Å²) >= 11 is 2.21. The summed E-state index contributed by atoms with van der Waals surface area (Å²) in [6.07, 6.45) is 3.44. The molecule has 0 saturated carbocycles. The summed E-state index contributed by atoms with van der Waals surface area (Å²) in [6.45, 7) is 7.85. The second kappa shape index (κ2) is 12.3. The van der Waals surface area contributed by atoms with Gasteiger partial charge in [0, 0.05) is 5.56 Å². The third-order valence-electron chi connectivity index (χ3n) is 3.75. The van der Waals surface area contributed by atoms with Gasteiger partial charge in [0.1, 0.15) is 5.75 Å². The Morgan fingerprint density at radius 3 is 2.38 bits per heavy atom. The fourth-order valence-electron chi connectivity index (χ4n) is 2.42. The zero-order chi connectivity index (χ0) is 21.1. The van der Waals surface area contributed by atoms with Crippen LogP contribution in [0.4, 0.5) is 0 Å². The van der Waals surface area contributed by atoms with Gasteiger partial charge in [-0.05, 0) is 84.3 Å². The summed E-state index contributed by atoms with van der Waals surface area (Å²) in [4.78, 5) is 12.3. The molecule has 29 heavy (non-hydrogen) atoms. The largest absolute Gasteiger partial charge is 0.494 e. The molecule has 156 valence electrons. The zero-order valence-electron chi connectivity index (χ0n) is 17.0. The third-order valence-corrected chi connectivity index (χ3v) is 4.55. The van der Waals surface area contributed by atoms with Crippen LogP contribution in [0.3, 0.4) is 0 Å². The van der Waals surface area contributed by atoms with Crippen LogP contribution < -0.4 is 19.6 Å². The fraction of sp³-hybridized carbons (Fsp3) is 0.364. The summed E-state index contributed by atoms with van der Waals surface area (Å²) in [5, 5.41) is 4.07. The van der Waals surface area contributed by atoms with E-state index in [2.05, 4.69) is 40.0 Å². The number of hydrogen-bond acceptors (Lipinski definition) is 5. The highest BCUT2D eigenvalue weighted by Crippen LogP contribution is 2.34. The van der Waals surface area contributed by atoms with Crippen LogP contribution >= 0.6 is 22.6 Å². The number of benzene rings is 2. The predicted molar refractivity (Wildman–Crippen MR) is 123 cm³/mol. The van der Waals surface area contributed by atoms with Crippen LogP contribution in [0.15, 0.2) is 41.5 Å². The normalized spacial score (nSPS) is 10.8. The smallest absolute Gasteiger partial charge is 0.271 e. The fourth-order valence-corrected chi connectivity index (χ4v) is 3.20.